The van der Waals surface area contributed by atoms with Gasteiger partial charge in [0.25, 0.3) is 5.91 Å². The van der Waals surface area contributed by atoms with Gasteiger partial charge in [-0.15, -0.1) is 0 Å². The third-order valence-corrected chi connectivity index (χ3v) is 1.77. The van der Waals surface area contributed by atoms with E-state index in [1.807, 2.05) is 25.1 Å². The van der Waals surface area contributed by atoms with Gasteiger partial charge < -0.3 is 10.1 Å². The van der Waals surface area contributed by atoms with Crippen LogP contribution in [-0.2, 0) is 4.74 Å². The van der Waals surface area contributed by atoms with Crippen molar-refractivity contribution in [3.63, 3.8) is 0 Å². The number of carbonyl (C=O) groups excluding carboxylic acids is 1. The van der Waals surface area contributed by atoms with Crippen molar-refractivity contribution in [1.29, 1.82) is 0 Å². The maximum atomic E-state index is 11.4. The van der Waals surface area contributed by atoms with E-state index in [4.69, 9.17) is 4.74 Å². The van der Waals surface area contributed by atoms with E-state index >= 15 is 0 Å². The highest BCUT2D eigenvalue weighted by Gasteiger charge is 2.01. The zero-order valence-corrected chi connectivity index (χ0v) is 8.32. The second-order valence-electron chi connectivity index (χ2n) is 2.82. The number of rotatable bonds is 5. The molecule has 0 saturated heterocycles. The normalized spacial score (nSPS) is 9.79. The quantitative estimate of drug-likeness (QED) is 0.719. The Morgan fingerprint density at radius 3 is 2.71 bits per heavy atom. The Morgan fingerprint density at radius 2 is 2.07 bits per heavy atom. The summed E-state index contributed by atoms with van der Waals surface area (Å²) in [7, 11) is 0. The van der Waals surface area contributed by atoms with Crippen LogP contribution in [-0.4, -0.2) is 25.7 Å². The van der Waals surface area contributed by atoms with Gasteiger partial charge in [-0.2, -0.15) is 0 Å². The van der Waals surface area contributed by atoms with E-state index in [1.54, 1.807) is 12.1 Å². The summed E-state index contributed by atoms with van der Waals surface area (Å²) >= 11 is 0. The minimum Gasteiger partial charge on any atom is -0.380 e. The molecule has 1 aromatic rings. The molecular weight excluding hydrogens is 178 g/mol. The Labute approximate surface area is 84.1 Å². The molecule has 0 aromatic heterocycles. The number of carbonyl (C=O) groups is 1. The number of benzene rings is 1. The van der Waals surface area contributed by atoms with Crippen LogP contribution in [0.15, 0.2) is 30.3 Å². The highest BCUT2D eigenvalue weighted by Crippen LogP contribution is 1.96. The molecule has 0 unspecified atom stereocenters. The molecule has 0 spiro atoms. The SMILES string of the molecule is CCOCCNC(=O)c1ccccc1. The minimum absolute atomic E-state index is 0.0506. The van der Waals surface area contributed by atoms with E-state index in [-0.39, 0.29) is 5.91 Å². The van der Waals surface area contributed by atoms with E-state index in [0.717, 1.165) is 0 Å². The molecule has 1 amide bonds. The van der Waals surface area contributed by atoms with Crippen molar-refractivity contribution < 1.29 is 9.53 Å². The molecule has 0 aliphatic carbocycles. The summed E-state index contributed by atoms with van der Waals surface area (Å²) in [4.78, 5) is 11.4. The topological polar surface area (TPSA) is 38.3 Å². The van der Waals surface area contributed by atoms with Crippen LogP contribution in [0.4, 0.5) is 0 Å². The summed E-state index contributed by atoms with van der Waals surface area (Å²) < 4.78 is 5.11. The fourth-order valence-electron chi connectivity index (χ4n) is 1.07. The standard InChI is InChI=1S/C11H15NO2/c1-2-14-9-8-12-11(13)10-6-4-3-5-7-10/h3-7H,2,8-9H2,1H3,(H,12,13). The van der Waals surface area contributed by atoms with Crippen LogP contribution in [0.2, 0.25) is 0 Å². The lowest BCUT2D eigenvalue weighted by Gasteiger charge is -2.04. The van der Waals surface area contributed by atoms with Crippen LogP contribution in [0.3, 0.4) is 0 Å². The first kappa shape index (κ1) is 10.7. The van der Waals surface area contributed by atoms with Gasteiger partial charge in [0.1, 0.15) is 0 Å². The van der Waals surface area contributed by atoms with Crippen molar-refractivity contribution >= 4 is 5.91 Å². The fraction of sp³-hybridized carbons (Fsp3) is 0.364. The summed E-state index contributed by atoms with van der Waals surface area (Å²) in [5, 5.41) is 2.77. The lowest BCUT2D eigenvalue weighted by atomic mass is 10.2. The molecule has 0 aliphatic heterocycles. The Balaban J connectivity index is 2.29. The summed E-state index contributed by atoms with van der Waals surface area (Å²) in [5.74, 6) is -0.0506. The fourth-order valence-corrected chi connectivity index (χ4v) is 1.07. The summed E-state index contributed by atoms with van der Waals surface area (Å²) in [6, 6.07) is 9.15. The van der Waals surface area contributed by atoms with Crippen molar-refractivity contribution in [3.8, 4) is 0 Å². The molecule has 0 heterocycles. The van der Waals surface area contributed by atoms with Crippen LogP contribution >= 0.6 is 0 Å². The van der Waals surface area contributed by atoms with E-state index in [2.05, 4.69) is 5.32 Å². The van der Waals surface area contributed by atoms with Gasteiger partial charge in [-0.25, -0.2) is 0 Å². The molecule has 76 valence electrons. The van der Waals surface area contributed by atoms with Crippen LogP contribution < -0.4 is 5.32 Å². The number of hydrogen-bond acceptors (Lipinski definition) is 2. The molecule has 0 fully saturated rings. The predicted molar refractivity (Wildman–Crippen MR) is 55.3 cm³/mol. The highest BCUT2D eigenvalue weighted by atomic mass is 16.5. The summed E-state index contributed by atoms with van der Waals surface area (Å²) in [5.41, 5.74) is 0.684. The number of nitrogens with one attached hydrogen (secondary N) is 1. The van der Waals surface area contributed by atoms with Crippen LogP contribution in [0.5, 0.6) is 0 Å². The average molecular weight is 193 g/mol. The summed E-state index contributed by atoms with van der Waals surface area (Å²) in [6.07, 6.45) is 0. The molecule has 3 heteroatoms. The Kier molecular flexibility index (Phi) is 4.72. The van der Waals surface area contributed by atoms with Gasteiger partial charge in [0, 0.05) is 18.7 Å². The molecule has 0 radical (unpaired) electrons. The molecule has 3 nitrogen and oxygen atoms in total. The number of ether oxygens (including phenoxy) is 1. The van der Waals surface area contributed by atoms with Crippen LogP contribution in [0.25, 0.3) is 0 Å². The van der Waals surface area contributed by atoms with Crippen LogP contribution in [0, 0.1) is 0 Å². The molecule has 14 heavy (non-hydrogen) atoms. The molecule has 0 aliphatic rings. The maximum absolute atomic E-state index is 11.4. The van der Waals surface area contributed by atoms with E-state index < -0.39 is 0 Å². The van der Waals surface area contributed by atoms with Gasteiger partial charge in [0.05, 0.1) is 6.61 Å². The van der Waals surface area contributed by atoms with E-state index in [1.165, 1.54) is 0 Å². The lowest BCUT2D eigenvalue weighted by Crippen LogP contribution is -2.27. The zero-order chi connectivity index (χ0) is 10.2. The Hall–Kier alpha value is -1.35. The van der Waals surface area contributed by atoms with Gasteiger partial charge in [0.15, 0.2) is 0 Å². The van der Waals surface area contributed by atoms with Gasteiger partial charge in [0.2, 0.25) is 0 Å². The maximum Gasteiger partial charge on any atom is 0.251 e. The lowest BCUT2D eigenvalue weighted by molar-refractivity contribution is 0.0922. The van der Waals surface area contributed by atoms with E-state index in [0.29, 0.717) is 25.3 Å². The minimum atomic E-state index is -0.0506. The van der Waals surface area contributed by atoms with Crippen molar-refractivity contribution in [2.45, 2.75) is 6.92 Å². The largest absolute Gasteiger partial charge is 0.380 e. The monoisotopic (exact) mass is 193 g/mol. The molecule has 0 atom stereocenters. The Bertz CT molecular complexity index is 272. The van der Waals surface area contributed by atoms with E-state index in [9.17, 15) is 4.79 Å². The van der Waals surface area contributed by atoms with Crippen molar-refractivity contribution in [2.24, 2.45) is 0 Å². The molecule has 1 N–H and O–H groups in total. The van der Waals surface area contributed by atoms with Crippen molar-refractivity contribution in [1.82, 2.24) is 5.32 Å². The van der Waals surface area contributed by atoms with Gasteiger partial charge in [-0.1, -0.05) is 18.2 Å². The van der Waals surface area contributed by atoms with Crippen molar-refractivity contribution in [3.05, 3.63) is 35.9 Å². The number of hydrogen-bond donors (Lipinski definition) is 1. The average Bonchev–Trinajstić information content (AvgIpc) is 2.25. The second-order valence-corrected chi connectivity index (χ2v) is 2.82. The molecule has 0 bridgehead atoms. The first-order valence-electron chi connectivity index (χ1n) is 4.75. The van der Waals surface area contributed by atoms with Crippen LogP contribution in [0.1, 0.15) is 17.3 Å². The summed E-state index contributed by atoms with van der Waals surface area (Å²) in [6.45, 7) is 3.73. The highest BCUT2D eigenvalue weighted by molar-refractivity contribution is 5.94. The third-order valence-electron chi connectivity index (χ3n) is 1.77. The first-order valence-corrected chi connectivity index (χ1v) is 4.75. The van der Waals surface area contributed by atoms with Gasteiger partial charge >= 0.3 is 0 Å². The molecule has 0 saturated carbocycles. The smallest absolute Gasteiger partial charge is 0.251 e. The predicted octanol–water partition coefficient (Wildman–Crippen LogP) is 1.45. The van der Waals surface area contributed by atoms with Gasteiger partial charge in [-0.05, 0) is 19.1 Å². The molecule has 1 rings (SSSR count). The van der Waals surface area contributed by atoms with Crippen molar-refractivity contribution in [2.75, 3.05) is 19.8 Å². The zero-order valence-electron chi connectivity index (χ0n) is 8.32. The number of amides is 1. The van der Waals surface area contributed by atoms with Gasteiger partial charge in [-0.3, -0.25) is 4.79 Å². The molecule has 1 aromatic carbocycles. The third kappa shape index (κ3) is 3.58. The first-order chi connectivity index (χ1) is 6.84. The Morgan fingerprint density at radius 1 is 1.36 bits per heavy atom. The molecular formula is C11H15NO2. The second kappa shape index (κ2) is 6.16.